The van der Waals surface area contributed by atoms with Crippen LogP contribution in [0.25, 0.3) is 61.1 Å². The van der Waals surface area contributed by atoms with Gasteiger partial charge in [-0.2, -0.15) is 0 Å². The minimum Gasteiger partial charge on any atom is -0.460 e. The number of allylic oxidation sites excluding steroid dienone is 1. The van der Waals surface area contributed by atoms with E-state index in [-0.39, 0.29) is 5.92 Å². The lowest BCUT2D eigenvalue weighted by atomic mass is 9.80. The molecule has 3 heterocycles. The highest BCUT2D eigenvalue weighted by Gasteiger charge is 2.30. The minimum atomic E-state index is 0.0887. The van der Waals surface area contributed by atoms with E-state index in [1.165, 1.54) is 22.1 Å². The maximum absolute atomic E-state index is 7.00. The summed E-state index contributed by atoms with van der Waals surface area (Å²) in [6.45, 7) is 0. The molecule has 272 valence electrons. The first kappa shape index (κ1) is 33.0. The molecule has 5 heteroatoms. The van der Waals surface area contributed by atoms with Crippen molar-refractivity contribution in [2.24, 2.45) is 10.7 Å². The maximum Gasteiger partial charge on any atom is 0.136 e. The number of aliphatic imine (C=N–C) groups is 1. The summed E-state index contributed by atoms with van der Waals surface area (Å²) >= 11 is 0. The van der Waals surface area contributed by atoms with Crippen LogP contribution in [0.1, 0.15) is 51.7 Å². The van der Waals surface area contributed by atoms with Crippen LogP contribution < -0.4 is 5.73 Å². The van der Waals surface area contributed by atoms with Gasteiger partial charge in [-0.1, -0.05) is 133 Å². The standard InChI is InChI=1S/C52H37N3O2/c53-52(36-27-28-40-39-22-10-12-24-44(39)55(45(40)31-36)38-20-8-3-9-21-38)54-50-41-23-11-13-25-46(41)56-48(50)32-35-19-14-26-47-49(35)43-30-37(33-15-4-1-5-16-33)29-42(51(43)57-47)34-17-6-2-7-18-34/h1-28,30-31,42H,29,32H2,(H2,53,54). The van der Waals surface area contributed by atoms with Gasteiger partial charge in [0.15, 0.2) is 0 Å². The van der Waals surface area contributed by atoms with Gasteiger partial charge in [0.1, 0.15) is 34.2 Å². The van der Waals surface area contributed by atoms with Crippen molar-refractivity contribution in [2.75, 3.05) is 0 Å². The second-order valence-electron chi connectivity index (χ2n) is 14.8. The zero-order chi connectivity index (χ0) is 37.9. The number of rotatable bonds is 7. The summed E-state index contributed by atoms with van der Waals surface area (Å²) < 4.78 is 15.8. The van der Waals surface area contributed by atoms with Crippen molar-refractivity contribution >= 4 is 66.9 Å². The third kappa shape index (κ3) is 5.58. The summed E-state index contributed by atoms with van der Waals surface area (Å²) in [7, 11) is 0. The van der Waals surface area contributed by atoms with E-state index < -0.39 is 0 Å². The van der Waals surface area contributed by atoms with Crippen LogP contribution in [-0.4, -0.2) is 10.4 Å². The fourth-order valence-electron chi connectivity index (χ4n) is 8.84. The highest BCUT2D eigenvalue weighted by Crippen LogP contribution is 2.47. The fraction of sp³-hybridized carbons (Fsp3) is 0.0577. The van der Waals surface area contributed by atoms with Gasteiger partial charge in [0.05, 0.1) is 11.0 Å². The third-order valence-electron chi connectivity index (χ3n) is 11.5. The molecule has 1 aliphatic carbocycles. The first-order valence-electron chi connectivity index (χ1n) is 19.5. The number of nitrogens with zero attached hydrogens (tertiary/aromatic N) is 2. The van der Waals surface area contributed by atoms with Crippen LogP contribution in [0.2, 0.25) is 0 Å². The van der Waals surface area contributed by atoms with Gasteiger partial charge in [-0.05, 0) is 77.2 Å². The van der Waals surface area contributed by atoms with E-state index in [1.807, 2.05) is 24.3 Å². The van der Waals surface area contributed by atoms with Crippen molar-refractivity contribution in [1.29, 1.82) is 0 Å². The average molecular weight is 736 g/mol. The van der Waals surface area contributed by atoms with Gasteiger partial charge in [-0.25, -0.2) is 4.99 Å². The molecule has 0 saturated heterocycles. The first-order chi connectivity index (χ1) is 28.2. The predicted molar refractivity (Wildman–Crippen MR) is 234 cm³/mol. The SMILES string of the molecule is N/C(=N\c1c(Cc2cccc3oc4c(c23)C=C(c2ccccc2)CC4c2ccccc2)oc2ccccc12)c1ccc2c3ccccc3n(-c3ccccc3)c2c1. The summed E-state index contributed by atoms with van der Waals surface area (Å²) in [6.07, 6.45) is 3.70. The fourth-order valence-corrected chi connectivity index (χ4v) is 8.84. The Morgan fingerprint density at radius 1 is 0.632 bits per heavy atom. The molecule has 5 nitrogen and oxygen atoms in total. The number of hydrogen-bond donors (Lipinski definition) is 1. The van der Waals surface area contributed by atoms with Crippen molar-refractivity contribution in [1.82, 2.24) is 4.57 Å². The van der Waals surface area contributed by atoms with E-state index in [2.05, 4.69) is 162 Å². The lowest BCUT2D eigenvalue weighted by molar-refractivity contribution is 0.519. The molecule has 0 aliphatic heterocycles. The third-order valence-corrected chi connectivity index (χ3v) is 11.5. The summed E-state index contributed by atoms with van der Waals surface area (Å²) in [6, 6.07) is 61.2. The maximum atomic E-state index is 7.00. The van der Waals surface area contributed by atoms with E-state index >= 15 is 0 Å². The van der Waals surface area contributed by atoms with Crippen LogP contribution >= 0.6 is 0 Å². The highest BCUT2D eigenvalue weighted by atomic mass is 16.3. The second-order valence-corrected chi connectivity index (χ2v) is 14.8. The highest BCUT2D eigenvalue weighted by molar-refractivity contribution is 6.12. The number of furan rings is 2. The number of para-hydroxylation sites is 3. The Hall–Kier alpha value is -7.37. The van der Waals surface area contributed by atoms with Gasteiger partial charge in [-0.15, -0.1) is 0 Å². The second kappa shape index (κ2) is 13.4. The molecule has 0 radical (unpaired) electrons. The van der Waals surface area contributed by atoms with Crippen LogP contribution in [0.4, 0.5) is 5.69 Å². The Balaban J connectivity index is 1.05. The van der Waals surface area contributed by atoms with Crippen LogP contribution in [0.5, 0.6) is 0 Å². The number of amidine groups is 1. The molecule has 0 spiro atoms. The largest absolute Gasteiger partial charge is 0.460 e. The van der Waals surface area contributed by atoms with E-state index in [4.69, 9.17) is 19.6 Å². The van der Waals surface area contributed by atoms with Crippen molar-refractivity contribution < 1.29 is 8.83 Å². The Morgan fingerprint density at radius 3 is 2.14 bits per heavy atom. The van der Waals surface area contributed by atoms with Crippen molar-refractivity contribution in [3.63, 3.8) is 0 Å². The lowest BCUT2D eigenvalue weighted by Crippen LogP contribution is -2.13. The van der Waals surface area contributed by atoms with Crippen LogP contribution in [0.15, 0.2) is 190 Å². The molecule has 0 amide bonds. The van der Waals surface area contributed by atoms with Crippen LogP contribution in [0.3, 0.4) is 0 Å². The molecule has 10 aromatic rings. The number of hydrogen-bond acceptors (Lipinski definition) is 3. The number of fused-ring (bicyclic) bond motifs is 7. The van der Waals surface area contributed by atoms with E-state index in [0.717, 1.165) is 84.4 Å². The predicted octanol–water partition coefficient (Wildman–Crippen LogP) is 13.0. The number of nitrogens with two attached hydrogens (primary N) is 1. The molecule has 3 aromatic heterocycles. The monoisotopic (exact) mass is 735 g/mol. The van der Waals surface area contributed by atoms with Crippen LogP contribution in [-0.2, 0) is 6.42 Å². The molecule has 1 aliphatic rings. The van der Waals surface area contributed by atoms with Gasteiger partial charge in [0.2, 0.25) is 0 Å². The average Bonchev–Trinajstić information content (AvgIpc) is 3.93. The van der Waals surface area contributed by atoms with Gasteiger partial charge < -0.3 is 19.1 Å². The molecule has 11 rings (SSSR count). The summed E-state index contributed by atoms with van der Waals surface area (Å²) in [4.78, 5) is 5.19. The zero-order valence-electron chi connectivity index (χ0n) is 31.1. The van der Waals surface area contributed by atoms with Crippen LogP contribution in [0, 0.1) is 0 Å². The molecule has 7 aromatic carbocycles. The summed E-state index contributed by atoms with van der Waals surface area (Å²) in [5.74, 6) is 2.27. The van der Waals surface area contributed by atoms with E-state index in [0.29, 0.717) is 12.3 Å². The quantitative estimate of drug-likeness (QED) is 0.131. The van der Waals surface area contributed by atoms with Crippen molar-refractivity contribution in [3.05, 3.63) is 215 Å². The van der Waals surface area contributed by atoms with Gasteiger partial charge in [-0.3, -0.25) is 0 Å². The molecule has 1 atom stereocenters. The Bertz CT molecular complexity index is 3180. The topological polar surface area (TPSA) is 69.6 Å². The van der Waals surface area contributed by atoms with Gasteiger partial charge in [0, 0.05) is 50.7 Å². The Labute approximate surface area is 329 Å². The molecule has 57 heavy (non-hydrogen) atoms. The smallest absolute Gasteiger partial charge is 0.136 e. The summed E-state index contributed by atoms with van der Waals surface area (Å²) in [5, 5.41) is 4.38. The number of benzene rings is 7. The van der Waals surface area contributed by atoms with Crippen molar-refractivity contribution in [2.45, 2.75) is 18.8 Å². The molecule has 1 unspecified atom stereocenters. The summed E-state index contributed by atoms with van der Waals surface area (Å²) in [5.41, 5.74) is 19.5. The molecule has 0 fully saturated rings. The molecule has 0 bridgehead atoms. The lowest BCUT2D eigenvalue weighted by Gasteiger charge is -2.23. The van der Waals surface area contributed by atoms with Gasteiger partial charge in [0.25, 0.3) is 0 Å². The molecule has 2 N–H and O–H groups in total. The normalized spacial score (nSPS) is 14.4. The first-order valence-corrected chi connectivity index (χ1v) is 19.5. The zero-order valence-corrected chi connectivity index (χ0v) is 31.1. The molecule has 0 saturated carbocycles. The Kier molecular flexibility index (Phi) is 7.78. The van der Waals surface area contributed by atoms with Gasteiger partial charge >= 0.3 is 0 Å². The minimum absolute atomic E-state index is 0.0887. The van der Waals surface area contributed by atoms with E-state index in [1.54, 1.807) is 0 Å². The van der Waals surface area contributed by atoms with E-state index in [9.17, 15) is 0 Å². The Morgan fingerprint density at radius 2 is 1.32 bits per heavy atom. The molecular formula is C52H37N3O2. The molecular weight excluding hydrogens is 699 g/mol. The van der Waals surface area contributed by atoms with Crippen molar-refractivity contribution in [3.8, 4) is 5.69 Å². The number of aromatic nitrogens is 1.